The van der Waals surface area contributed by atoms with E-state index in [1.165, 1.54) is 11.0 Å². The zero-order valence-corrected chi connectivity index (χ0v) is 17.2. The second kappa shape index (κ2) is 6.68. The Morgan fingerprint density at radius 3 is 2.70 bits per heavy atom. The molecular weight excluding hydrogens is 409 g/mol. The average Bonchev–Trinajstić information content (AvgIpc) is 2.94. The lowest BCUT2D eigenvalue weighted by molar-refractivity contribution is -0.137. The molecule has 30 heavy (non-hydrogen) atoms. The molecule has 1 unspecified atom stereocenters. The number of amides is 1. The van der Waals surface area contributed by atoms with Gasteiger partial charge in [0.1, 0.15) is 17.2 Å². The summed E-state index contributed by atoms with van der Waals surface area (Å²) in [7, 11) is 1.61. The molecule has 2 aromatic carbocycles. The number of nitrogens with zero attached hydrogens (tertiary/aromatic N) is 2. The van der Waals surface area contributed by atoms with Crippen LogP contribution in [0.15, 0.2) is 41.4 Å². The summed E-state index contributed by atoms with van der Waals surface area (Å²) in [5, 5.41) is 0.0382. The number of likely N-dealkylation sites (N-methyl/N-ethyl adjacent to an activating group) is 1. The smallest absolute Gasteiger partial charge is 0.261 e. The minimum atomic E-state index is -1.20. The summed E-state index contributed by atoms with van der Waals surface area (Å²) in [6.45, 7) is 1.11. The lowest BCUT2D eigenvalue weighted by atomic mass is 9.73. The van der Waals surface area contributed by atoms with E-state index in [1.54, 1.807) is 37.4 Å². The van der Waals surface area contributed by atoms with Gasteiger partial charge in [-0.05, 0) is 23.8 Å². The largest absolute Gasteiger partial charge is 0.487 e. The second-order valence-corrected chi connectivity index (χ2v) is 8.49. The van der Waals surface area contributed by atoms with Crippen molar-refractivity contribution in [2.45, 2.75) is 30.4 Å². The van der Waals surface area contributed by atoms with Crippen LogP contribution in [0.25, 0.3) is 11.1 Å². The Hall–Kier alpha value is -2.64. The van der Waals surface area contributed by atoms with Crippen LogP contribution in [0.4, 0.5) is 4.39 Å². The van der Waals surface area contributed by atoms with E-state index in [0.717, 1.165) is 0 Å². The van der Waals surface area contributed by atoms with Gasteiger partial charge >= 0.3 is 0 Å². The molecule has 0 aliphatic carbocycles. The van der Waals surface area contributed by atoms with Crippen molar-refractivity contribution in [3.05, 3.63) is 52.8 Å². The van der Waals surface area contributed by atoms with Gasteiger partial charge in [-0.1, -0.05) is 29.8 Å². The van der Waals surface area contributed by atoms with Crippen molar-refractivity contribution in [1.82, 2.24) is 4.90 Å². The molecule has 1 saturated heterocycles. The van der Waals surface area contributed by atoms with Crippen molar-refractivity contribution in [2.75, 3.05) is 20.3 Å². The zero-order valence-electron chi connectivity index (χ0n) is 16.5. The Morgan fingerprint density at radius 2 is 2.00 bits per heavy atom. The maximum absolute atomic E-state index is 14.7. The topological polar surface area (TPSA) is 77.2 Å². The molecule has 0 saturated carbocycles. The lowest BCUT2D eigenvalue weighted by Crippen LogP contribution is -2.53. The van der Waals surface area contributed by atoms with Crippen LogP contribution in [-0.2, 0) is 15.1 Å². The van der Waals surface area contributed by atoms with Crippen molar-refractivity contribution in [2.24, 2.45) is 10.7 Å². The summed E-state index contributed by atoms with van der Waals surface area (Å²) in [4.78, 5) is 19.4. The molecule has 1 atom stereocenters. The highest BCUT2D eigenvalue weighted by atomic mass is 35.5. The Bertz CT molecular complexity index is 1080. The van der Waals surface area contributed by atoms with Gasteiger partial charge < -0.3 is 15.2 Å². The number of halogens is 2. The highest BCUT2D eigenvalue weighted by molar-refractivity contribution is 6.31. The highest BCUT2D eigenvalue weighted by Gasteiger charge is 2.58. The van der Waals surface area contributed by atoms with Crippen LogP contribution in [-0.4, -0.2) is 42.6 Å². The number of guanidine groups is 1. The van der Waals surface area contributed by atoms with E-state index in [1.807, 2.05) is 0 Å². The van der Waals surface area contributed by atoms with Crippen molar-refractivity contribution < 1.29 is 18.7 Å². The van der Waals surface area contributed by atoms with Crippen molar-refractivity contribution in [3.8, 4) is 16.9 Å². The Kier molecular flexibility index (Phi) is 4.31. The molecule has 6 nitrogen and oxygen atoms in total. The van der Waals surface area contributed by atoms with Gasteiger partial charge in [0, 0.05) is 37.4 Å². The van der Waals surface area contributed by atoms with Gasteiger partial charge in [0.2, 0.25) is 0 Å². The van der Waals surface area contributed by atoms with E-state index in [9.17, 15) is 9.18 Å². The fourth-order valence-corrected chi connectivity index (χ4v) is 4.85. The normalized spacial score (nSPS) is 24.7. The third-order valence-electron chi connectivity index (χ3n) is 6.30. The van der Waals surface area contributed by atoms with Crippen molar-refractivity contribution in [1.29, 1.82) is 0 Å². The van der Waals surface area contributed by atoms with Crippen LogP contribution >= 0.6 is 11.6 Å². The van der Waals surface area contributed by atoms with Gasteiger partial charge in [0.05, 0.1) is 18.2 Å². The molecule has 0 radical (unpaired) electrons. The quantitative estimate of drug-likeness (QED) is 0.753. The molecule has 2 N–H and O–H groups in total. The van der Waals surface area contributed by atoms with Crippen LogP contribution < -0.4 is 10.5 Å². The minimum absolute atomic E-state index is 0.0382. The van der Waals surface area contributed by atoms with Crippen LogP contribution in [0.5, 0.6) is 5.75 Å². The minimum Gasteiger partial charge on any atom is -0.487 e. The average molecular weight is 430 g/mol. The number of hydrogen-bond donors (Lipinski definition) is 1. The van der Waals surface area contributed by atoms with E-state index in [4.69, 9.17) is 26.8 Å². The maximum atomic E-state index is 14.7. The van der Waals surface area contributed by atoms with Crippen LogP contribution in [0.2, 0.25) is 5.02 Å². The van der Waals surface area contributed by atoms with E-state index < -0.39 is 17.0 Å². The number of ether oxygens (including phenoxy) is 2. The van der Waals surface area contributed by atoms with Crippen molar-refractivity contribution in [3.63, 3.8) is 0 Å². The molecule has 0 aromatic heterocycles. The van der Waals surface area contributed by atoms with Crippen LogP contribution in [0.3, 0.4) is 0 Å². The Morgan fingerprint density at radius 1 is 1.23 bits per heavy atom. The van der Waals surface area contributed by atoms with Crippen LogP contribution in [0, 0.1) is 5.82 Å². The highest BCUT2D eigenvalue weighted by Crippen LogP contribution is 2.52. The van der Waals surface area contributed by atoms with Gasteiger partial charge in [-0.25, -0.2) is 9.38 Å². The first kappa shape index (κ1) is 19.3. The molecule has 2 spiro atoms. The first-order valence-electron chi connectivity index (χ1n) is 9.84. The van der Waals surface area contributed by atoms with Gasteiger partial charge in [-0.2, -0.15) is 0 Å². The van der Waals surface area contributed by atoms with Gasteiger partial charge in [0.15, 0.2) is 11.5 Å². The molecule has 156 valence electrons. The van der Waals surface area contributed by atoms with Gasteiger partial charge in [-0.15, -0.1) is 0 Å². The molecule has 1 fully saturated rings. The summed E-state index contributed by atoms with van der Waals surface area (Å²) < 4.78 is 26.6. The Balaban J connectivity index is 1.70. The maximum Gasteiger partial charge on any atom is 0.261 e. The third-order valence-corrected chi connectivity index (χ3v) is 6.60. The third kappa shape index (κ3) is 2.72. The number of carbonyl (C=O) groups is 1. The summed E-state index contributed by atoms with van der Waals surface area (Å²) in [6.07, 6.45) is 1.68. The molecule has 3 heterocycles. The summed E-state index contributed by atoms with van der Waals surface area (Å²) in [6, 6.07) is 10.2. The number of nitrogens with two attached hydrogens (primary N) is 1. The lowest BCUT2D eigenvalue weighted by Gasteiger charge is -2.46. The van der Waals surface area contributed by atoms with Gasteiger partial charge in [-0.3, -0.25) is 9.69 Å². The van der Waals surface area contributed by atoms with Crippen LogP contribution in [0.1, 0.15) is 24.8 Å². The first-order chi connectivity index (χ1) is 14.4. The molecular formula is C22H21ClFN3O3. The fraction of sp³-hybridized carbons (Fsp3) is 0.364. The number of aliphatic imine (C=N–C) groups is 1. The monoisotopic (exact) mass is 429 g/mol. The number of carbonyl (C=O) groups excluding carboxylic acids is 1. The van der Waals surface area contributed by atoms with Gasteiger partial charge in [0.25, 0.3) is 5.91 Å². The van der Waals surface area contributed by atoms with E-state index in [0.29, 0.717) is 54.9 Å². The van der Waals surface area contributed by atoms with E-state index >= 15 is 0 Å². The Labute approximate surface area is 178 Å². The zero-order chi connectivity index (χ0) is 21.1. The molecule has 3 aliphatic rings. The predicted molar refractivity (Wildman–Crippen MR) is 111 cm³/mol. The molecule has 1 amide bonds. The molecule has 5 rings (SSSR count). The summed E-state index contributed by atoms with van der Waals surface area (Å²) >= 11 is 5.98. The summed E-state index contributed by atoms with van der Waals surface area (Å²) in [5.41, 5.74) is 5.83. The molecule has 0 bridgehead atoms. The fourth-order valence-electron chi connectivity index (χ4n) is 4.68. The number of hydrogen-bond acceptors (Lipinski definition) is 5. The second-order valence-electron chi connectivity index (χ2n) is 8.08. The molecule has 3 aliphatic heterocycles. The summed E-state index contributed by atoms with van der Waals surface area (Å²) in [5.74, 6) is 0.00624. The first-order valence-corrected chi connectivity index (χ1v) is 10.2. The number of rotatable bonds is 1. The van der Waals surface area contributed by atoms with E-state index in [-0.39, 0.29) is 16.9 Å². The van der Waals surface area contributed by atoms with E-state index in [2.05, 4.69) is 4.99 Å². The number of fused-ring (bicyclic) bond motifs is 2. The van der Waals surface area contributed by atoms with Crippen molar-refractivity contribution >= 4 is 23.5 Å². The molecule has 2 aromatic rings. The predicted octanol–water partition coefficient (Wildman–Crippen LogP) is 3.46. The SMILES string of the molecule is CN1C(=O)C2(CC3(CCOCC3)Oc3ccc(-c4cccc(Cl)c4F)cc32)N=C1N. The standard InChI is InChI=1S/C22H21ClFN3O3/c1-27-19(28)22(26-20(27)25)12-21(7-9-29-10-8-21)30-17-6-5-13(11-15(17)22)14-3-2-4-16(23)18(14)24/h2-6,11H,7-10,12H2,1H3,(H2,25,26). The molecule has 8 heteroatoms. The number of benzene rings is 2.